The minimum absolute atomic E-state index is 0.219. The molecule has 1 aliphatic rings. The van der Waals surface area contributed by atoms with Crippen molar-refractivity contribution in [3.8, 4) is 5.69 Å². The fourth-order valence-electron chi connectivity index (χ4n) is 2.99. The van der Waals surface area contributed by atoms with Crippen LogP contribution in [0.15, 0.2) is 36.8 Å². The average Bonchev–Trinajstić information content (AvgIpc) is 3.10. The van der Waals surface area contributed by atoms with Crippen molar-refractivity contribution in [2.24, 2.45) is 11.7 Å². The van der Waals surface area contributed by atoms with Gasteiger partial charge < -0.3 is 11.1 Å². The summed E-state index contributed by atoms with van der Waals surface area (Å²) in [5.41, 5.74) is 6.50. The number of carbonyl (C=O) groups is 2. The Morgan fingerprint density at radius 3 is 2.83 bits per heavy atom. The lowest BCUT2D eigenvalue weighted by molar-refractivity contribution is -0.123. The summed E-state index contributed by atoms with van der Waals surface area (Å²) in [5.74, 6) is -0.951. The molecule has 7 nitrogen and oxygen atoms in total. The Kier molecular flexibility index (Phi) is 4.36. The summed E-state index contributed by atoms with van der Waals surface area (Å²) in [6.45, 7) is 0. The van der Waals surface area contributed by atoms with Gasteiger partial charge in [0, 0.05) is 24.6 Å². The van der Waals surface area contributed by atoms with E-state index in [1.54, 1.807) is 41.5 Å². The first-order chi connectivity index (χ1) is 11.1. The van der Waals surface area contributed by atoms with Gasteiger partial charge in [0.1, 0.15) is 5.69 Å². The molecule has 1 saturated carbocycles. The molecule has 2 atom stereocenters. The number of amides is 2. The van der Waals surface area contributed by atoms with Gasteiger partial charge >= 0.3 is 0 Å². The third kappa shape index (κ3) is 3.39. The molecule has 2 heterocycles. The van der Waals surface area contributed by atoms with Crippen molar-refractivity contribution in [3.05, 3.63) is 42.5 Å². The minimum atomic E-state index is -0.353. The van der Waals surface area contributed by atoms with Crippen LogP contribution in [0.4, 0.5) is 0 Å². The quantitative estimate of drug-likeness (QED) is 0.880. The number of rotatable bonds is 4. The maximum Gasteiger partial charge on any atom is 0.270 e. The number of carbonyl (C=O) groups excluding carboxylic acids is 2. The smallest absolute Gasteiger partial charge is 0.270 e. The van der Waals surface area contributed by atoms with Gasteiger partial charge in [0.2, 0.25) is 5.91 Å². The van der Waals surface area contributed by atoms with Crippen LogP contribution in [0.1, 0.15) is 36.2 Å². The van der Waals surface area contributed by atoms with E-state index in [9.17, 15) is 9.59 Å². The second-order valence-corrected chi connectivity index (χ2v) is 5.72. The molecule has 0 aromatic carbocycles. The van der Waals surface area contributed by atoms with Crippen molar-refractivity contribution in [1.82, 2.24) is 20.1 Å². The largest absolute Gasteiger partial charge is 0.369 e. The average molecular weight is 313 g/mol. The molecule has 23 heavy (non-hydrogen) atoms. The monoisotopic (exact) mass is 313 g/mol. The van der Waals surface area contributed by atoms with Gasteiger partial charge in [0.05, 0.1) is 11.6 Å². The highest BCUT2D eigenvalue weighted by atomic mass is 16.2. The van der Waals surface area contributed by atoms with Crippen molar-refractivity contribution in [2.45, 2.75) is 31.7 Å². The molecule has 2 aromatic heterocycles. The van der Waals surface area contributed by atoms with Crippen molar-refractivity contribution in [3.63, 3.8) is 0 Å². The van der Waals surface area contributed by atoms with Crippen LogP contribution in [-0.2, 0) is 4.79 Å². The second-order valence-electron chi connectivity index (χ2n) is 5.72. The van der Waals surface area contributed by atoms with Crippen LogP contribution in [0, 0.1) is 5.92 Å². The standard InChI is InChI=1S/C16H19N5O2/c17-15(22)12-4-1-2-5-13(12)20-16(23)14-10-11(6-8-18-14)21-9-3-7-19-21/h3,6-10,12-13H,1-2,4-5H2,(H2,17,22)(H,20,23)/t12-,13+/m1/s1. The molecule has 0 spiro atoms. The predicted octanol–water partition coefficient (Wildman–Crippen LogP) is 1.04. The highest BCUT2D eigenvalue weighted by Crippen LogP contribution is 2.24. The SMILES string of the molecule is NC(=O)[C@@H]1CCCC[C@@H]1NC(=O)c1cc(-n2cccn2)ccn1. The first-order valence-electron chi connectivity index (χ1n) is 7.71. The number of nitrogens with two attached hydrogens (primary N) is 1. The Labute approximate surface area is 133 Å². The van der Waals surface area contributed by atoms with Crippen molar-refractivity contribution >= 4 is 11.8 Å². The molecule has 0 bridgehead atoms. The number of pyridine rings is 1. The van der Waals surface area contributed by atoms with Gasteiger partial charge in [0.15, 0.2) is 0 Å². The van der Waals surface area contributed by atoms with Crippen molar-refractivity contribution in [1.29, 1.82) is 0 Å². The predicted molar refractivity (Wildman–Crippen MR) is 83.8 cm³/mol. The molecule has 0 radical (unpaired) electrons. The zero-order valence-electron chi connectivity index (χ0n) is 12.7. The Hall–Kier alpha value is -2.70. The maximum atomic E-state index is 12.4. The minimum Gasteiger partial charge on any atom is -0.369 e. The highest BCUT2D eigenvalue weighted by Gasteiger charge is 2.30. The Balaban J connectivity index is 1.75. The third-order valence-corrected chi connectivity index (χ3v) is 4.19. The van der Waals surface area contributed by atoms with Crippen LogP contribution < -0.4 is 11.1 Å². The molecule has 0 unspecified atom stereocenters. The summed E-state index contributed by atoms with van der Waals surface area (Å²) >= 11 is 0. The summed E-state index contributed by atoms with van der Waals surface area (Å²) in [5, 5.41) is 7.04. The molecule has 120 valence electrons. The molecule has 7 heteroatoms. The van der Waals surface area contributed by atoms with Crippen LogP contribution in [0.5, 0.6) is 0 Å². The van der Waals surface area contributed by atoms with Crippen LogP contribution in [-0.4, -0.2) is 32.6 Å². The molecule has 1 aliphatic carbocycles. The van der Waals surface area contributed by atoms with Gasteiger partial charge in [-0.1, -0.05) is 12.8 Å². The number of aromatic nitrogens is 3. The van der Waals surface area contributed by atoms with E-state index >= 15 is 0 Å². The van der Waals surface area contributed by atoms with Crippen LogP contribution in [0.3, 0.4) is 0 Å². The highest BCUT2D eigenvalue weighted by molar-refractivity contribution is 5.93. The zero-order valence-corrected chi connectivity index (χ0v) is 12.7. The van der Waals surface area contributed by atoms with E-state index in [2.05, 4.69) is 15.4 Å². The van der Waals surface area contributed by atoms with Crippen molar-refractivity contribution < 1.29 is 9.59 Å². The van der Waals surface area contributed by atoms with E-state index < -0.39 is 0 Å². The molecule has 3 rings (SSSR count). The molecular formula is C16H19N5O2. The molecular weight excluding hydrogens is 294 g/mol. The number of nitrogens with zero attached hydrogens (tertiary/aromatic N) is 3. The number of nitrogens with one attached hydrogen (secondary N) is 1. The lowest BCUT2D eigenvalue weighted by atomic mass is 9.84. The first kappa shape index (κ1) is 15.2. The van der Waals surface area contributed by atoms with E-state index in [4.69, 9.17) is 5.73 Å². The van der Waals surface area contributed by atoms with Gasteiger partial charge in [-0.3, -0.25) is 14.6 Å². The van der Waals surface area contributed by atoms with Crippen LogP contribution >= 0.6 is 0 Å². The third-order valence-electron chi connectivity index (χ3n) is 4.19. The number of hydrogen-bond donors (Lipinski definition) is 2. The Morgan fingerprint density at radius 2 is 2.09 bits per heavy atom. The fraction of sp³-hybridized carbons (Fsp3) is 0.375. The zero-order chi connectivity index (χ0) is 16.2. The Bertz CT molecular complexity index is 698. The van der Waals surface area contributed by atoms with Gasteiger partial charge in [-0.15, -0.1) is 0 Å². The van der Waals surface area contributed by atoms with E-state index in [0.29, 0.717) is 5.69 Å². The topological polar surface area (TPSA) is 103 Å². The molecule has 0 saturated heterocycles. The summed E-state index contributed by atoms with van der Waals surface area (Å²) in [6.07, 6.45) is 8.46. The molecule has 3 N–H and O–H groups in total. The second kappa shape index (κ2) is 6.60. The van der Waals surface area contributed by atoms with Gasteiger partial charge in [0.25, 0.3) is 5.91 Å². The van der Waals surface area contributed by atoms with Crippen molar-refractivity contribution in [2.75, 3.05) is 0 Å². The van der Waals surface area contributed by atoms with E-state index in [-0.39, 0.29) is 23.8 Å². The normalized spacial score (nSPS) is 20.9. The summed E-state index contributed by atoms with van der Waals surface area (Å²) in [7, 11) is 0. The van der Waals surface area contributed by atoms with Gasteiger partial charge in [-0.2, -0.15) is 5.10 Å². The molecule has 1 fully saturated rings. The lowest BCUT2D eigenvalue weighted by Gasteiger charge is -2.29. The Morgan fingerprint density at radius 1 is 1.26 bits per heavy atom. The van der Waals surface area contributed by atoms with E-state index in [0.717, 1.165) is 31.4 Å². The van der Waals surface area contributed by atoms with Gasteiger partial charge in [-0.25, -0.2) is 4.68 Å². The summed E-state index contributed by atoms with van der Waals surface area (Å²) in [4.78, 5) is 28.1. The number of primary amides is 1. The maximum absolute atomic E-state index is 12.4. The van der Waals surface area contributed by atoms with Crippen LogP contribution in [0.25, 0.3) is 5.69 Å². The molecule has 0 aliphatic heterocycles. The fourth-order valence-corrected chi connectivity index (χ4v) is 2.99. The molecule has 2 aromatic rings. The van der Waals surface area contributed by atoms with E-state index in [1.165, 1.54) is 0 Å². The summed E-state index contributed by atoms with van der Waals surface area (Å²) < 4.78 is 1.66. The summed E-state index contributed by atoms with van der Waals surface area (Å²) in [6, 6.07) is 5.03. The van der Waals surface area contributed by atoms with Gasteiger partial charge in [-0.05, 0) is 31.0 Å². The van der Waals surface area contributed by atoms with E-state index in [1.807, 2.05) is 0 Å². The molecule has 2 amide bonds. The van der Waals surface area contributed by atoms with Crippen LogP contribution in [0.2, 0.25) is 0 Å². The lowest BCUT2D eigenvalue weighted by Crippen LogP contribution is -2.47. The number of hydrogen-bond acceptors (Lipinski definition) is 4. The first-order valence-corrected chi connectivity index (χ1v) is 7.71.